The fourth-order valence-corrected chi connectivity index (χ4v) is 1.97. The van der Waals surface area contributed by atoms with E-state index in [-0.39, 0.29) is 17.2 Å². The van der Waals surface area contributed by atoms with Gasteiger partial charge in [-0.15, -0.1) is 0 Å². The van der Waals surface area contributed by atoms with Gasteiger partial charge in [0.1, 0.15) is 0 Å². The van der Waals surface area contributed by atoms with Gasteiger partial charge in [0.25, 0.3) is 0 Å². The zero-order valence-electron chi connectivity index (χ0n) is 10.0. The van der Waals surface area contributed by atoms with Crippen LogP contribution in [0.2, 0.25) is 0 Å². The second-order valence-corrected chi connectivity index (χ2v) is 5.01. The first-order chi connectivity index (χ1) is 7.02. The van der Waals surface area contributed by atoms with Gasteiger partial charge < -0.3 is 10.4 Å². The molecule has 0 heterocycles. The van der Waals surface area contributed by atoms with Gasteiger partial charge in [0, 0.05) is 12.0 Å². The largest absolute Gasteiger partial charge is 0.391 e. The Morgan fingerprint density at radius 3 is 2.40 bits per heavy atom. The summed E-state index contributed by atoms with van der Waals surface area (Å²) in [5.74, 6) is 0.334. The smallest absolute Gasteiger partial charge is 0.226 e. The zero-order chi connectivity index (χ0) is 11.5. The Hall–Kier alpha value is -0.570. The molecule has 1 rings (SSSR count). The van der Waals surface area contributed by atoms with Crippen molar-refractivity contribution in [2.45, 2.75) is 52.6 Å². The van der Waals surface area contributed by atoms with Crippen molar-refractivity contribution in [3.8, 4) is 0 Å². The highest BCUT2D eigenvalue weighted by molar-refractivity contribution is 5.83. The van der Waals surface area contributed by atoms with Gasteiger partial charge in [0.15, 0.2) is 0 Å². The van der Waals surface area contributed by atoms with E-state index in [4.69, 9.17) is 0 Å². The van der Waals surface area contributed by atoms with E-state index in [9.17, 15) is 9.90 Å². The molecule has 0 aromatic rings. The predicted octanol–water partition coefficient (Wildman–Crippen LogP) is 1.70. The van der Waals surface area contributed by atoms with Crippen LogP contribution < -0.4 is 5.32 Å². The van der Waals surface area contributed by atoms with Crippen molar-refractivity contribution >= 4 is 5.91 Å². The lowest BCUT2D eigenvalue weighted by Gasteiger charge is -2.39. The Kier molecular flexibility index (Phi) is 4.14. The third kappa shape index (κ3) is 2.71. The minimum absolute atomic E-state index is 0.114. The molecule has 2 N–H and O–H groups in total. The lowest BCUT2D eigenvalue weighted by Crippen LogP contribution is -2.47. The molecule has 3 nitrogen and oxygen atoms in total. The highest BCUT2D eigenvalue weighted by Crippen LogP contribution is 2.43. The number of rotatable bonds is 5. The molecule has 0 bridgehead atoms. The number of amides is 1. The molecule has 0 aromatic heterocycles. The number of hydrogen-bond acceptors (Lipinski definition) is 2. The van der Waals surface area contributed by atoms with Crippen molar-refractivity contribution in [2.24, 2.45) is 11.3 Å². The first-order valence-corrected chi connectivity index (χ1v) is 5.98. The molecule has 1 amide bonds. The van der Waals surface area contributed by atoms with Crippen LogP contribution in [-0.2, 0) is 4.79 Å². The molecular formula is C12H23NO2. The summed E-state index contributed by atoms with van der Waals surface area (Å²) in [6.45, 7) is 6.36. The number of aliphatic hydroxyl groups excluding tert-OH is 1. The summed E-state index contributed by atoms with van der Waals surface area (Å²) < 4.78 is 0. The Morgan fingerprint density at radius 1 is 1.47 bits per heavy atom. The minimum Gasteiger partial charge on any atom is -0.391 e. The topological polar surface area (TPSA) is 49.3 Å². The second-order valence-electron chi connectivity index (χ2n) is 5.01. The van der Waals surface area contributed by atoms with Gasteiger partial charge in [-0.25, -0.2) is 0 Å². The Labute approximate surface area is 92.3 Å². The van der Waals surface area contributed by atoms with E-state index >= 15 is 0 Å². The van der Waals surface area contributed by atoms with Gasteiger partial charge in [-0.05, 0) is 25.2 Å². The first kappa shape index (κ1) is 12.5. The molecule has 1 aliphatic rings. The van der Waals surface area contributed by atoms with Crippen LogP contribution >= 0.6 is 0 Å². The van der Waals surface area contributed by atoms with Crippen molar-refractivity contribution in [2.75, 3.05) is 6.54 Å². The molecule has 0 spiro atoms. The summed E-state index contributed by atoms with van der Waals surface area (Å²) in [5.41, 5.74) is -0.114. The average Bonchev–Trinajstić information content (AvgIpc) is 2.13. The van der Waals surface area contributed by atoms with Crippen LogP contribution in [0.25, 0.3) is 0 Å². The van der Waals surface area contributed by atoms with Gasteiger partial charge in [0.05, 0.1) is 6.10 Å². The molecule has 1 aliphatic carbocycles. The van der Waals surface area contributed by atoms with Crippen LogP contribution in [-0.4, -0.2) is 23.7 Å². The third-order valence-electron chi connectivity index (χ3n) is 3.71. The number of carbonyl (C=O) groups is 1. The van der Waals surface area contributed by atoms with Crippen LogP contribution in [0, 0.1) is 11.3 Å². The van der Waals surface area contributed by atoms with E-state index < -0.39 is 6.10 Å². The number of hydrogen-bond donors (Lipinski definition) is 2. The van der Waals surface area contributed by atoms with E-state index in [1.807, 2.05) is 13.8 Å². The van der Waals surface area contributed by atoms with Gasteiger partial charge in [-0.3, -0.25) is 4.79 Å². The van der Waals surface area contributed by atoms with Gasteiger partial charge in [-0.1, -0.05) is 27.2 Å². The summed E-state index contributed by atoms with van der Waals surface area (Å²) in [6.07, 6.45) is 3.66. The van der Waals surface area contributed by atoms with Crippen LogP contribution in [0.15, 0.2) is 0 Å². The third-order valence-corrected chi connectivity index (χ3v) is 3.71. The lowest BCUT2D eigenvalue weighted by molar-refractivity contribution is -0.136. The normalized spacial score (nSPS) is 20.9. The van der Waals surface area contributed by atoms with E-state index in [1.165, 1.54) is 0 Å². The number of nitrogens with one attached hydrogen (secondary N) is 1. The van der Waals surface area contributed by atoms with Crippen molar-refractivity contribution < 1.29 is 9.90 Å². The lowest BCUT2D eigenvalue weighted by atomic mass is 9.66. The SMILES string of the molecule is CCC1(C(=O)NCC(O)C(C)C)CCC1. The maximum Gasteiger partial charge on any atom is 0.226 e. The van der Waals surface area contributed by atoms with Gasteiger partial charge in [0.2, 0.25) is 5.91 Å². The fraction of sp³-hybridized carbons (Fsp3) is 0.917. The Bertz CT molecular complexity index is 216. The Balaban J connectivity index is 2.35. The molecular weight excluding hydrogens is 190 g/mol. The maximum atomic E-state index is 11.9. The van der Waals surface area contributed by atoms with Gasteiger partial charge >= 0.3 is 0 Å². The summed E-state index contributed by atoms with van der Waals surface area (Å²) in [7, 11) is 0. The molecule has 1 atom stereocenters. The van der Waals surface area contributed by atoms with Crippen molar-refractivity contribution in [1.82, 2.24) is 5.32 Å². The molecule has 0 saturated heterocycles. The Morgan fingerprint density at radius 2 is 2.07 bits per heavy atom. The minimum atomic E-state index is -0.428. The molecule has 0 aromatic carbocycles. The highest BCUT2D eigenvalue weighted by atomic mass is 16.3. The summed E-state index contributed by atoms with van der Waals surface area (Å²) in [4.78, 5) is 11.9. The van der Waals surface area contributed by atoms with Crippen molar-refractivity contribution in [3.05, 3.63) is 0 Å². The molecule has 3 heteroatoms. The van der Waals surface area contributed by atoms with E-state index in [2.05, 4.69) is 12.2 Å². The molecule has 88 valence electrons. The van der Waals surface area contributed by atoms with Crippen molar-refractivity contribution in [3.63, 3.8) is 0 Å². The predicted molar refractivity (Wildman–Crippen MR) is 60.4 cm³/mol. The van der Waals surface area contributed by atoms with Crippen LogP contribution in [0.1, 0.15) is 46.5 Å². The number of aliphatic hydroxyl groups is 1. The van der Waals surface area contributed by atoms with Crippen LogP contribution in [0.3, 0.4) is 0 Å². The summed E-state index contributed by atoms with van der Waals surface area (Å²) in [6, 6.07) is 0. The fourth-order valence-electron chi connectivity index (χ4n) is 1.97. The maximum absolute atomic E-state index is 11.9. The molecule has 0 aliphatic heterocycles. The summed E-state index contributed by atoms with van der Waals surface area (Å²) in [5, 5.41) is 12.5. The molecule has 15 heavy (non-hydrogen) atoms. The highest BCUT2D eigenvalue weighted by Gasteiger charge is 2.42. The van der Waals surface area contributed by atoms with Crippen molar-refractivity contribution in [1.29, 1.82) is 0 Å². The zero-order valence-corrected chi connectivity index (χ0v) is 10.0. The van der Waals surface area contributed by atoms with E-state index in [0.29, 0.717) is 6.54 Å². The number of carbonyl (C=O) groups excluding carboxylic acids is 1. The van der Waals surface area contributed by atoms with Gasteiger partial charge in [-0.2, -0.15) is 0 Å². The van der Waals surface area contributed by atoms with E-state index in [0.717, 1.165) is 25.7 Å². The van der Waals surface area contributed by atoms with Crippen LogP contribution in [0.5, 0.6) is 0 Å². The van der Waals surface area contributed by atoms with Crippen LogP contribution in [0.4, 0.5) is 0 Å². The molecule has 0 radical (unpaired) electrons. The average molecular weight is 213 g/mol. The second kappa shape index (κ2) is 4.97. The molecule has 1 fully saturated rings. The summed E-state index contributed by atoms with van der Waals surface area (Å²) >= 11 is 0. The van der Waals surface area contributed by atoms with E-state index in [1.54, 1.807) is 0 Å². The molecule has 1 unspecified atom stereocenters. The first-order valence-electron chi connectivity index (χ1n) is 5.98. The molecule has 1 saturated carbocycles. The quantitative estimate of drug-likeness (QED) is 0.730. The standard InChI is InChI=1S/C12H23NO2/c1-4-12(6-5-7-12)11(15)13-8-10(14)9(2)3/h9-10,14H,4-8H2,1-3H3,(H,13,15). The monoisotopic (exact) mass is 213 g/mol.